The van der Waals surface area contributed by atoms with Crippen LogP contribution in [0.5, 0.6) is 0 Å². The molecule has 0 spiro atoms. The smallest absolute Gasteiger partial charge is 0.193 e. The summed E-state index contributed by atoms with van der Waals surface area (Å²) in [6.07, 6.45) is 2.54. The van der Waals surface area contributed by atoms with Crippen LogP contribution in [0.15, 0.2) is 59.6 Å². The molecule has 0 radical (unpaired) electrons. The van der Waals surface area contributed by atoms with Gasteiger partial charge in [0.25, 0.3) is 0 Å². The zero-order valence-corrected chi connectivity index (χ0v) is 17.0. The van der Waals surface area contributed by atoms with E-state index in [2.05, 4.69) is 46.4 Å². The van der Waals surface area contributed by atoms with Crippen LogP contribution in [0.1, 0.15) is 30.0 Å². The third-order valence-electron chi connectivity index (χ3n) is 4.52. The van der Waals surface area contributed by atoms with Gasteiger partial charge in [0, 0.05) is 5.69 Å². The second-order valence-electron chi connectivity index (χ2n) is 6.39. The van der Waals surface area contributed by atoms with Gasteiger partial charge in [-0.05, 0) is 50.6 Å². The molecule has 3 rings (SSSR count). The Hall–Kier alpha value is -1.60. The first-order chi connectivity index (χ1) is 11.7. The maximum absolute atomic E-state index is 6.08. The van der Waals surface area contributed by atoms with Crippen LogP contribution in [0, 0.1) is 6.92 Å². The van der Waals surface area contributed by atoms with Crippen molar-refractivity contribution in [3.8, 4) is 0 Å². The van der Waals surface area contributed by atoms with E-state index in [1.807, 2.05) is 30.3 Å². The number of nitrogens with one attached hydrogen (secondary N) is 1. The van der Waals surface area contributed by atoms with E-state index in [-0.39, 0.29) is 24.0 Å². The molecule has 3 N–H and O–H groups in total. The lowest BCUT2D eigenvalue weighted by atomic mass is 10.0. The minimum absolute atomic E-state index is 0. The number of hydrogen-bond acceptors (Lipinski definition) is 2. The van der Waals surface area contributed by atoms with Gasteiger partial charge in [-0.15, -0.1) is 24.0 Å². The highest BCUT2D eigenvalue weighted by Crippen LogP contribution is 2.25. The topological polar surface area (TPSA) is 53.6 Å². The largest absolute Gasteiger partial charge is 0.370 e. The lowest BCUT2D eigenvalue weighted by molar-refractivity contribution is 0.252. The minimum atomic E-state index is 0. The van der Waals surface area contributed by atoms with Crippen LogP contribution in [-0.2, 0) is 0 Å². The van der Waals surface area contributed by atoms with E-state index in [9.17, 15) is 0 Å². The second-order valence-corrected chi connectivity index (χ2v) is 6.39. The lowest BCUT2D eigenvalue weighted by Gasteiger charge is -2.26. The second kappa shape index (κ2) is 9.77. The number of aliphatic imine (C=N–C) groups is 1. The Labute approximate surface area is 167 Å². The summed E-state index contributed by atoms with van der Waals surface area (Å²) >= 11 is 0. The fraction of sp³-hybridized carbons (Fsp3) is 0.350. The fourth-order valence-corrected chi connectivity index (χ4v) is 3.17. The van der Waals surface area contributed by atoms with Gasteiger partial charge in [0.2, 0.25) is 0 Å². The van der Waals surface area contributed by atoms with Gasteiger partial charge in [0.15, 0.2) is 5.96 Å². The summed E-state index contributed by atoms with van der Waals surface area (Å²) in [5, 5.41) is 3.16. The Morgan fingerprint density at radius 2 is 1.72 bits per heavy atom. The van der Waals surface area contributed by atoms with Gasteiger partial charge >= 0.3 is 0 Å². The first-order valence-corrected chi connectivity index (χ1v) is 8.65. The van der Waals surface area contributed by atoms with Crippen molar-refractivity contribution < 1.29 is 0 Å². The minimum Gasteiger partial charge on any atom is -0.370 e. The van der Waals surface area contributed by atoms with Crippen LogP contribution in [0.4, 0.5) is 5.69 Å². The van der Waals surface area contributed by atoms with Crippen LogP contribution >= 0.6 is 24.0 Å². The SMILES string of the molecule is Cc1ccc(C(CN=C(N)Nc2ccccc2)N2CCCC2)cc1.I. The Bertz CT molecular complexity index is 664. The summed E-state index contributed by atoms with van der Waals surface area (Å²) in [4.78, 5) is 7.12. The van der Waals surface area contributed by atoms with Crippen molar-refractivity contribution in [2.75, 3.05) is 25.0 Å². The average molecular weight is 450 g/mol. The van der Waals surface area contributed by atoms with Crippen molar-refractivity contribution in [3.05, 3.63) is 65.7 Å². The molecule has 0 aromatic heterocycles. The molecule has 25 heavy (non-hydrogen) atoms. The van der Waals surface area contributed by atoms with Gasteiger partial charge in [-0.1, -0.05) is 48.0 Å². The highest BCUT2D eigenvalue weighted by atomic mass is 127. The molecule has 1 aliphatic heterocycles. The van der Waals surface area contributed by atoms with E-state index in [0.29, 0.717) is 18.5 Å². The number of halogens is 1. The summed E-state index contributed by atoms with van der Waals surface area (Å²) in [6.45, 7) is 5.07. The van der Waals surface area contributed by atoms with E-state index >= 15 is 0 Å². The normalized spacial score (nSPS) is 16.3. The fourth-order valence-electron chi connectivity index (χ4n) is 3.17. The lowest BCUT2D eigenvalue weighted by Crippen LogP contribution is -2.30. The highest BCUT2D eigenvalue weighted by molar-refractivity contribution is 14.0. The molecule has 0 aliphatic carbocycles. The number of rotatable bonds is 5. The molecule has 1 unspecified atom stereocenters. The standard InChI is InChI=1S/C20H26N4.HI/c1-16-9-11-17(12-10-16)19(24-13-5-6-14-24)15-22-20(21)23-18-7-3-2-4-8-18;/h2-4,7-12,19H,5-6,13-15H2,1H3,(H3,21,22,23);1H. The van der Waals surface area contributed by atoms with Crippen molar-refractivity contribution >= 4 is 35.6 Å². The number of guanidine groups is 1. The van der Waals surface area contributed by atoms with Gasteiger partial charge in [0.1, 0.15) is 0 Å². The van der Waals surface area contributed by atoms with Gasteiger partial charge in [0.05, 0.1) is 12.6 Å². The number of anilines is 1. The van der Waals surface area contributed by atoms with Crippen LogP contribution in [0.25, 0.3) is 0 Å². The maximum atomic E-state index is 6.08. The van der Waals surface area contributed by atoms with Gasteiger partial charge in [-0.25, -0.2) is 0 Å². The first kappa shape index (κ1) is 19.7. The van der Waals surface area contributed by atoms with Crippen LogP contribution in [-0.4, -0.2) is 30.5 Å². The monoisotopic (exact) mass is 450 g/mol. The van der Waals surface area contributed by atoms with E-state index in [4.69, 9.17) is 5.73 Å². The number of para-hydroxylation sites is 1. The number of nitrogens with two attached hydrogens (primary N) is 1. The quantitative estimate of drug-likeness (QED) is 0.409. The third-order valence-corrected chi connectivity index (χ3v) is 4.52. The summed E-state index contributed by atoms with van der Waals surface area (Å²) in [5.74, 6) is 0.470. The summed E-state index contributed by atoms with van der Waals surface area (Å²) in [7, 11) is 0. The Balaban J connectivity index is 0.00000225. The van der Waals surface area contributed by atoms with Crippen molar-refractivity contribution in [1.82, 2.24) is 4.90 Å². The zero-order chi connectivity index (χ0) is 16.8. The molecule has 1 fully saturated rings. The molecule has 2 aromatic rings. The van der Waals surface area contributed by atoms with Crippen molar-refractivity contribution in [1.29, 1.82) is 0 Å². The van der Waals surface area contributed by atoms with E-state index in [0.717, 1.165) is 18.8 Å². The van der Waals surface area contributed by atoms with Crippen LogP contribution < -0.4 is 11.1 Å². The molecule has 1 aliphatic rings. The van der Waals surface area contributed by atoms with Crippen molar-refractivity contribution in [2.45, 2.75) is 25.8 Å². The van der Waals surface area contributed by atoms with E-state index in [1.165, 1.54) is 24.0 Å². The number of likely N-dealkylation sites (tertiary alicyclic amines) is 1. The molecule has 0 bridgehead atoms. The predicted octanol–water partition coefficient (Wildman–Crippen LogP) is 4.18. The molecule has 1 saturated heterocycles. The van der Waals surface area contributed by atoms with Gasteiger partial charge < -0.3 is 11.1 Å². The molecule has 0 amide bonds. The van der Waals surface area contributed by atoms with Crippen molar-refractivity contribution in [3.63, 3.8) is 0 Å². The van der Waals surface area contributed by atoms with Gasteiger partial charge in [-0.3, -0.25) is 9.89 Å². The first-order valence-electron chi connectivity index (χ1n) is 8.65. The van der Waals surface area contributed by atoms with Gasteiger partial charge in [-0.2, -0.15) is 0 Å². The molecular formula is C20H27IN4. The molecule has 4 nitrogen and oxygen atoms in total. The zero-order valence-electron chi connectivity index (χ0n) is 14.7. The highest BCUT2D eigenvalue weighted by Gasteiger charge is 2.23. The van der Waals surface area contributed by atoms with Crippen molar-refractivity contribution in [2.24, 2.45) is 10.7 Å². The number of hydrogen-bond donors (Lipinski definition) is 2. The van der Waals surface area contributed by atoms with E-state index in [1.54, 1.807) is 0 Å². The van der Waals surface area contributed by atoms with Crippen LogP contribution in [0.2, 0.25) is 0 Å². The Morgan fingerprint density at radius 3 is 2.36 bits per heavy atom. The summed E-state index contributed by atoms with van der Waals surface area (Å²) < 4.78 is 0. The number of benzene rings is 2. The van der Waals surface area contributed by atoms with Crippen LogP contribution in [0.3, 0.4) is 0 Å². The summed E-state index contributed by atoms with van der Waals surface area (Å²) in [5.41, 5.74) is 9.64. The number of aryl methyl sites for hydroxylation is 1. The maximum Gasteiger partial charge on any atom is 0.193 e. The molecule has 5 heteroatoms. The average Bonchev–Trinajstić information content (AvgIpc) is 3.12. The molecule has 1 atom stereocenters. The predicted molar refractivity (Wildman–Crippen MR) is 117 cm³/mol. The molecule has 0 saturated carbocycles. The van der Waals surface area contributed by atoms with E-state index < -0.39 is 0 Å². The third kappa shape index (κ3) is 5.71. The molecule has 134 valence electrons. The molecule has 2 aromatic carbocycles. The Kier molecular flexibility index (Phi) is 7.71. The Morgan fingerprint density at radius 1 is 1.08 bits per heavy atom. The number of nitrogens with zero attached hydrogens (tertiary/aromatic N) is 2. The molecular weight excluding hydrogens is 423 g/mol. The molecule has 1 heterocycles. The summed E-state index contributed by atoms with van der Waals surface area (Å²) in [6, 6.07) is 19.0.